The molecule has 7 heteroatoms. The molecule has 7 nitrogen and oxygen atoms in total. The molecule has 1 amide bonds. The summed E-state index contributed by atoms with van der Waals surface area (Å²) in [7, 11) is 0. The normalized spacial score (nSPS) is 10.4. The molecule has 1 aromatic carbocycles. The summed E-state index contributed by atoms with van der Waals surface area (Å²) in [4.78, 5) is 28.6. The number of hydrogen-bond acceptors (Lipinski definition) is 5. The van der Waals surface area contributed by atoms with Crippen LogP contribution < -0.4 is 15.6 Å². The lowest BCUT2D eigenvalue weighted by Crippen LogP contribution is -2.29. The molecule has 0 bridgehead atoms. The van der Waals surface area contributed by atoms with E-state index in [1.807, 2.05) is 43.3 Å². The predicted octanol–water partition coefficient (Wildman–Crippen LogP) is 2.02. The lowest BCUT2D eigenvalue weighted by Gasteiger charge is -2.10. The molecule has 3 rings (SSSR count). The van der Waals surface area contributed by atoms with Gasteiger partial charge in [0.25, 0.3) is 11.5 Å². The minimum absolute atomic E-state index is 0.174. The van der Waals surface area contributed by atoms with Crippen molar-refractivity contribution >= 4 is 5.91 Å². The van der Waals surface area contributed by atoms with Gasteiger partial charge in [-0.05, 0) is 24.6 Å². The van der Waals surface area contributed by atoms with E-state index in [9.17, 15) is 9.59 Å². The maximum absolute atomic E-state index is 12.5. The topological polar surface area (TPSA) is 86.1 Å². The molecule has 1 N–H and O–H groups in total. The number of aromatic nitrogens is 3. The maximum Gasteiger partial charge on any atom is 0.271 e. The highest BCUT2D eigenvalue weighted by atomic mass is 16.5. The number of nitrogens with zero attached hydrogens (tertiary/aromatic N) is 3. The quantitative estimate of drug-likeness (QED) is 0.693. The van der Waals surface area contributed by atoms with Crippen LogP contribution in [0.25, 0.3) is 0 Å². The Bertz CT molecular complexity index is 970. The van der Waals surface area contributed by atoms with Crippen molar-refractivity contribution in [1.29, 1.82) is 0 Å². The van der Waals surface area contributed by atoms with Crippen LogP contribution in [0, 0.1) is 0 Å². The van der Waals surface area contributed by atoms with Crippen LogP contribution in [0.2, 0.25) is 0 Å². The van der Waals surface area contributed by atoms with E-state index >= 15 is 0 Å². The average molecular weight is 364 g/mol. The molecule has 2 aromatic heterocycles. The number of carbonyl (C=O) groups is 1. The lowest BCUT2D eigenvalue weighted by molar-refractivity contribution is 0.0943. The van der Waals surface area contributed by atoms with Gasteiger partial charge in [0.1, 0.15) is 5.69 Å². The van der Waals surface area contributed by atoms with Crippen LogP contribution in [0.15, 0.2) is 65.6 Å². The van der Waals surface area contributed by atoms with Crippen LogP contribution in [0.5, 0.6) is 5.88 Å². The van der Waals surface area contributed by atoms with Crippen molar-refractivity contribution in [2.45, 2.75) is 20.0 Å². The summed E-state index contributed by atoms with van der Waals surface area (Å²) in [6.45, 7) is 2.92. The second-order valence-corrected chi connectivity index (χ2v) is 5.78. The van der Waals surface area contributed by atoms with E-state index in [0.717, 1.165) is 11.1 Å². The smallest absolute Gasteiger partial charge is 0.271 e. The minimum Gasteiger partial charge on any atom is -0.478 e. The Labute approximate surface area is 156 Å². The standard InChI is InChI=1S/C20H20N4O3/c1-2-27-20-16(9-6-12-21-20)13-22-19(26)17-10-11-18(25)24(23-17)14-15-7-4-3-5-8-15/h3-12H,2,13-14H2,1H3,(H,22,26). The molecule has 0 atom stereocenters. The first kappa shape index (κ1) is 18.3. The van der Waals surface area contributed by atoms with E-state index in [4.69, 9.17) is 4.74 Å². The van der Waals surface area contributed by atoms with Crippen LogP contribution >= 0.6 is 0 Å². The van der Waals surface area contributed by atoms with Gasteiger partial charge in [0, 0.05) is 24.4 Å². The van der Waals surface area contributed by atoms with Gasteiger partial charge in [-0.1, -0.05) is 36.4 Å². The Hall–Kier alpha value is -3.48. The predicted molar refractivity (Wildman–Crippen MR) is 101 cm³/mol. The lowest BCUT2D eigenvalue weighted by atomic mass is 10.2. The molecule has 0 aliphatic rings. The largest absolute Gasteiger partial charge is 0.478 e. The molecule has 0 saturated heterocycles. The van der Waals surface area contributed by atoms with Crippen molar-refractivity contribution in [3.63, 3.8) is 0 Å². The van der Waals surface area contributed by atoms with Gasteiger partial charge in [0.05, 0.1) is 13.2 Å². The van der Waals surface area contributed by atoms with Gasteiger partial charge in [-0.15, -0.1) is 0 Å². The Morgan fingerprint density at radius 3 is 2.70 bits per heavy atom. The third-order valence-corrected chi connectivity index (χ3v) is 3.84. The number of ether oxygens (including phenoxy) is 1. The molecule has 0 aliphatic heterocycles. The van der Waals surface area contributed by atoms with Gasteiger partial charge in [-0.2, -0.15) is 5.10 Å². The van der Waals surface area contributed by atoms with Gasteiger partial charge < -0.3 is 10.1 Å². The van der Waals surface area contributed by atoms with Crippen molar-refractivity contribution in [3.8, 4) is 5.88 Å². The van der Waals surface area contributed by atoms with Crippen LogP contribution in [0.4, 0.5) is 0 Å². The SMILES string of the molecule is CCOc1ncccc1CNC(=O)c1ccc(=O)n(Cc2ccccc2)n1. The zero-order valence-electron chi connectivity index (χ0n) is 15.0. The first-order valence-corrected chi connectivity index (χ1v) is 8.64. The van der Waals surface area contributed by atoms with Crippen molar-refractivity contribution in [2.24, 2.45) is 0 Å². The molecule has 0 aliphatic carbocycles. The van der Waals surface area contributed by atoms with Crippen molar-refractivity contribution in [2.75, 3.05) is 6.61 Å². The number of carbonyl (C=O) groups excluding carboxylic acids is 1. The highest BCUT2D eigenvalue weighted by molar-refractivity contribution is 5.91. The Kier molecular flexibility index (Phi) is 5.94. The Morgan fingerprint density at radius 1 is 1.11 bits per heavy atom. The third-order valence-electron chi connectivity index (χ3n) is 3.84. The second-order valence-electron chi connectivity index (χ2n) is 5.78. The van der Waals surface area contributed by atoms with Gasteiger partial charge in [0.2, 0.25) is 5.88 Å². The number of nitrogens with one attached hydrogen (secondary N) is 1. The number of amides is 1. The van der Waals surface area contributed by atoms with Gasteiger partial charge in [-0.25, -0.2) is 9.67 Å². The number of rotatable bonds is 7. The zero-order valence-corrected chi connectivity index (χ0v) is 15.0. The average Bonchev–Trinajstić information content (AvgIpc) is 2.70. The van der Waals surface area contributed by atoms with Crippen molar-refractivity contribution in [1.82, 2.24) is 20.1 Å². The summed E-state index contributed by atoms with van der Waals surface area (Å²) in [6.07, 6.45) is 1.64. The van der Waals surface area contributed by atoms with Gasteiger partial charge in [-0.3, -0.25) is 9.59 Å². The van der Waals surface area contributed by atoms with E-state index in [-0.39, 0.29) is 23.7 Å². The highest BCUT2D eigenvalue weighted by Gasteiger charge is 2.11. The molecule has 138 valence electrons. The molecule has 0 unspecified atom stereocenters. The van der Waals surface area contributed by atoms with Crippen molar-refractivity contribution in [3.05, 3.63) is 88.0 Å². The molecule has 0 radical (unpaired) electrons. The number of pyridine rings is 1. The molecule has 27 heavy (non-hydrogen) atoms. The fourth-order valence-corrected chi connectivity index (χ4v) is 2.53. The number of benzene rings is 1. The van der Waals surface area contributed by atoms with Gasteiger partial charge >= 0.3 is 0 Å². The third kappa shape index (κ3) is 4.78. The van der Waals surface area contributed by atoms with Crippen LogP contribution in [-0.4, -0.2) is 27.3 Å². The highest BCUT2D eigenvalue weighted by Crippen LogP contribution is 2.13. The molecule has 3 aromatic rings. The van der Waals surface area contributed by atoms with Crippen LogP contribution in [0.3, 0.4) is 0 Å². The fourth-order valence-electron chi connectivity index (χ4n) is 2.53. The first-order valence-electron chi connectivity index (χ1n) is 8.64. The molecule has 0 saturated carbocycles. The summed E-state index contributed by atoms with van der Waals surface area (Å²) in [5.41, 5.74) is 1.61. The molecule has 0 spiro atoms. The summed E-state index contributed by atoms with van der Waals surface area (Å²) in [6, 6.07) is 15.9. The summed E-state index contributed by atoms with van der Waals surface area (Å²) in [5.74, 6) is 0.116. The molecular formula is C20H20N4O3. The van der Waals surface area contributed by atoms with E-state index < -0.39 is 0 Å². The van der Waals surface area contributed by atoms with Crippen molar-refractivity contribution < 1.29 is 9.53 Å². The monoisotopic (exact) mass is 364 g/mol. The molecule has 2 heterocycles. The first-order chi connectivity index (χ1) is 13.2. The summed E-state index contributed by atoms with van der Waals surface area (Å²) in [5, 5.41) is 6.97. The van der Waals surface area contributed by atoms with E-state index in [1.165, 1.54) is 16.8 Å². The van der Waals surface area contributed by atoms with Gasteiger partial charge in [0.15, 0.2) is 0 Å². The fraction of sp³-hybridized carbons (Fsp3) is 0.200. The van der Waals surface area contributed by atoms with E-state index in [0.29, 0.717) is 19.0 Å². The zero-order chi connectivity index (χ0) is 19.1. The Morgan fingerprint density at radius 2 is 1.93 bits per heavy atom. The number of hydrogen-bond donors (Lipinski definition) is 1. The minimum atomic E-state index is -0.372. The van der Waals surface area contributed by atoms with E-state index in [1.54, 1.807) is 12.3 Å². The van der Waals surface area contributed by atoms with Crippen LogP contribution in [0.1, 0.15) is 28.5 Å². The molecular weight excluding hydrogens is 344 g/mol. The Balaban J connectivity index is 1.72. The second kappa shape index (κ2) is 8.75. The van der Waals surface area contributed by atoms with Crippen LogP contribution in [-0.2, 0) is 13.1 Å². The van der Waals surface area contributed by atoms with E-state index in [2.05, 4.69) is 15.4 Å². The molecule has 0 fully saturated rings. The summed E-state index contributed by atoms with van der Waals surface area (Å²) >= 11 is 0. The maximum atomic E-state index is 12.5. The summed E-state index contributed by atoms with van der Waals surface area (Å²) < 4.78 is 6.73.